The van der Waals surface area contributed by atoms with E-state index in [9.17, 15) is 44.1 Å². The molecule has 1 aromatic carbocycles. The number of hydrogen-bond donors (Lipinski definition) is 1. The quantitative estimate of drug-likeness (QED) is 0.373. The highest BCUT2D eigenvalue weighted by Gasteiger charge is 2.72. The maximum atomic E-state index is 13.1. The molecule has 142 valence electrons. The average molecular weight is 525 g/mol. The third kappa shape index (κ3) is 5.10. The summed E-state index contributed by atoms with van der Waals surface area (Å²) in [6, 6.07) is 3.11. The van der Waals surface area contributed by atoms with E-state index in [4.69, 9.17) is 11.6 Å². The number of carbonyl (C=O) groups excluding carboxylic acids is 1. The average Bonchev–Trinajstić information content (AvgIpc) is 2.33. The van der Waals surface area contributed by atoms with Crippen molar-refractivity contribution in [2.45, 2.75) is 17.9 Å². The Balaban J connectivity index is 3.50. The first-order chi connectivity index (χ1) is 11.0. The Morgan fingerprint density at radius 1 is 1.16 bits per heavy atom. The molecule has 0 aliphatic heterocycles. The first-order valence-corrected chi connectivity index (χ1v) is 8.88. The van der Waals surface area contributed by atoms with Gasteiger partial charge in [0.15, 0.2) is 0 Å². The minimum Gasteiger partial charge on any atom is -0.748 e. The van der Waals surface area contributed by atoms with E-state index in [1.165, 1.54) is 6.07 Å². The van der Waals surface area contributed by atoms with Gasteiger partial charge in [-0.05, 0) is 40.8 Å². The van der Waals surface area contributed by atoms with Crippen LogP contribution in [-0.4, -0.2) is 42.5 Å². The van der Waals surface area contributed by atoms with Crippen LogP contribution in [0.25, 0.3) is 0 Å². The number of nitrogens with one attached hydrogen (secondary N) is 1. The maximum Gasteiger partial charge on any atom is 0.421 e. The molecule has 14 heteroatoms. The van der Waals surface area contributed by atoms with Crippen LogP contribution in [0.2, 0.25) is 5.02 Å². The fourth-order valence-electron chi connectivity index (χ4n) is 1.70. The highest BCUT2D eigenvalue weighted by Crippen LogP contribution is 2.44. The van der Waals surface area contributed by atoms with Crippen LogP contribution in [0, 0.1) is 3.57 Å². The second kappa shape index (κ2) is 7.08. The summed E-state index contributed by atoms with van der Waals surface area (Å²) in [7, 11) is -6.03. The first kappa shape index (κ1) is 22.2. The predicted octanol–water partition coefficient (Wildman–Crippen LogP) is 3.08. The van der Waals surface area contributed by atoms with E-state index in [1.54, 1.807) is 22.6 Å². The lowest BCUT2D eigenvalue weighted by molar-refractivity contribution is -0.296. The number of alkyl halides is 6. The molecule has 0 spiro atoms. The molecule has 0 bridgehead atoms. The normalized spacial score (nSPS) is 13.6. The Kier molecular flexibility index (Phi) is 6.29. The predicted molar refractivity (Wildman–Crippen MR) is 81.0 cm³/mol. The fraction of sp³-hybridized carbons (Fsp3) is 0.364. The highest BCUT2D eigenvalue weighted by atomic mass is 127. The van der Waals surface area contributed by atoms with E-state index < -0.39 is 50.3 Å². The van der Waals surface area contributed by atoms with Crippen LogP contribution >= 0.6 is 34.2 Å². The summed E-state index contributed by atoms with van der Waals surface area (Å²) < 4.78 is 111. The topological polar surface area (TPSA) is 86.3 Å². The molecule has 1 amide bonds. The molecule has 0 aliphatic carbocycles. The summed E-state index contributed by atoms with van der Waals surface area (Å²) in [5.74, 6) is -4.90. The molecule has 0 aromatic heterocycles. The largest absolute Gasteiger partial charge is 0.748 e. The summed E-state index contributed by atoms with van der Waals surface area (Å²) in [6.45, 7) is 0. The van der Waals surface area contributed by atoms with E-state index in [0.29, 0.717) is 8.89 Å². The molecule has 0 unspecified atom stereocenters. The van der Waals surface area contributed by atoms with E-state index in [1.807, 2.05) is 0 Å². The van der Waals surface area contributed by atoms with Crippen molar-refractivity contribution in [2.75, 3.05) is 5.75 Å². The number of amides is 1. The second-order valence-corrected chi connectivity index (χ2v) is 7.74. The third-order valence-electron chi connectivity index (χ3n) is 2.86. The van der Waals surface area contributed by atoms with Crippen LogP contribution in [0.4, 0.5) is 26.3 Å². The molecule has 1 aromatic rings. The molecule has 5 nitrogen and oxygen atoms in total. The zero-order valence-electron chi connectivity index (χ0n) is 11.5. The van der Waals surface area contributed by atoms with E-state index in [2.05, 4.69) is 0 Å². The van der Waals surface area contributed by atoms with Gasteiger partial charge in [0, 0.05) is 3.57 Å². The van der Waals surface area contributed by atoms with Crippen LogP contribution in [0.3, 0.4) is 0 Å². The van der Waals surface area contributed by atoms with Crippen molar-refractivity contribution in [1.29, 1.82) is 0 Å². The summed E-state index contributed by atoms with van der Waals surface area (Å²) in [4.78, 5) is 11.9. The Morgan fingerprint density at radius 3 is 2.00 bits per heavy atom. The number of hydrogen-bond acceptors (Lipinski definition) is 4. The van der Waals surface area contributed by atoms with Gasteiger partial charge in [0.2, 0.25) is 5.54 Å². The Labute approximate surface area is 155 Å². The van der Waals surface area contributed by atoms with Gasteiger partial charge in [0.25, 0.3) is 5.91 Å². The van der Waals surface area contributed by atoms with Crippen LogP contribution in [0.1, 0.15) is 10.4 Å². The zero-order chi connectivity index (χ0) is 19.8. The lowest BCUT2D eigenvalue weighted by atomic mass is 9.99. The number of halogens is 8. The van der Waals surface area contributed by atoms with Crippen LogP contribution in [-0.2, 0) is 10.1 Å². The monoisotopic (exact) mass is 524 g/mol. The number of benzene rings is 1. The summed E-state index contributed by atoms with van der Waals surface area (Å²) in [5, 5.41) is 0.123. The van der Waals surface area contributed by atoms with E-state index in [0.717, 1.165) is 12.1 Å². The van der Waals surface area contributed by atoms with E-state index in [-0.39, 0.29) is 0 Å². The molecule has 0 saturated heterocycles. The van der Waals surface area contributed by atoms with Crippen molar-refractivity contribution in [3.8, 4) is 0 Å². The van der Waals surface area contributed by atoms with Crippen molar-refractivity contribution in [3.63, 3.8) is 0 Å². The Hall–Kier alpha value is -0.800. The fourth-order valence-corrected chi connectivity index (χ4v) is 3.57. The zero-order valence-corrected chi connectivity index (χ0v) is 15.2. The molecule has 0 radical (unpaired) electrons. The molecule has 1 N–H and O–H groups in total. The minimum absolute atomic E-state index is 0.430. The molecular weight excluding hydrogens is 519 g/mol. The van der Waals surface area contributed by atoms with Crippen molar-refractivity contribution in [3.05, 3.63) is 32.4 Å². The Morgan fingerprint density at radius 2 is 1.64 bits per heavy atom. The van der Waals surface area contributed by atoms with Gasteiger partial charge in [-0.15, -0.1) is 0 Å². The SMILES string of the molecule is O=C(NC(CS(=O)(=O)[O-])(C(F)(F)F)C(F)(F)F)c1ccc(I)cc1Cl. The summed E-state index contributed by atoms with van der Waals surface area (Å²) in [6.07, 6.45) is -12.7. The summed E-state index contributed by atoms with van der Waals surface area (Å²) >= 11 is 7.33. The van der Waals surface area contributed by atoms with Gasteiger partial charge < -0.3 is 9.87 Å². The van der Waals surface area contributed by atoms with Gasteiger partial charge >= 0.3 is 12.4 Å². The van der Waals surface area contributed by atoms with Gasteiger partial charge in [-0.2, -0.15) is 26.3 Å². The lowest BCUT2D eigenvalue weighted by Gasteiger charge is -2.38. The molecule has 25 heavy (non-hydrogen) atoms. The Bertz CT molecular complexity index is 766. The van der Waals surface area contributed by atoms with E-state index >= 15 is 0 Å². The number of rotatable bonds is 4. The molecule has 0 saturated carbocycles. The third-order valence-corrected chi connectivity index (χ3v) is 4.63. The maximum absolute atomic E-state index is 13.1. The molecule has 0 atom stereocenters. The molecular formula is C11H6ClF6INO4S-. The van der Waals surface area contributed by atoms with Crippen molar-refractivity contribution in [1.82, 2.24) is 5.32 Å². The second-order valence-electron chi connectivity index (χ2n) is 4.68. The molecule has 1 rings (SSSR count). The van der Waals surface area contributed by atoms with Gasteiger partial charge in [-0.1, -0.05) is 11.6 Å². The molecule has 0 fully saturated rings. The minimum atomic E-state index is -6.33. The highest BCUT2D eigenvalue weighted by molar-refractivity contribution is 14.1. The van der Waals surface area contributed by atoms with Gasteiger partial charge in [0.05, 0.1) is 26.5 Å². The number of carbonyl (C=O) groups is 1. The smallest absolute Gasteiger partial charge is 0.421 e. The van der Waals surface area contributed by atoms with Gasteiger partial charge in [0.1, 0.15) is 0 Å². The molecule has 0 aliphatic rings. The standard InChI is InChI=1S/C11H7ClF6INO4S/c12-7-3-5(19)1-2-6(7)8(21)20-9(10(13,14)15,11(16,17)18)4-25(22,23)24/h1-3H,4H2,(H,20,21)(H,22,23,24)/p-1. The van der Waals surface area contributed by atoms with Gasteiger partial charge in [-0.25, -0.2) is 8.42 Å². The van der Waals surface area contributed by atoms with Crippen molar-refractivity contribution >= 4 is 50.2 Å². The van der Waals surface area contributed by atoms with Crippen LogP contribution < -0.4 is 5.32 Å². The van der Waals surface area contributed by atoms with Crippen LogP contribution in [0.15, 0.2) is 18.2 Å². The lowest BCUT2D eigenvalue weighted by Crippen LogP contribution is -2.70. The van der Waals surface area contributed by atoms with Crippen LogP contribution in [0.5, 0.6) is 0 Å². The van der Waals surface area contributed by atoms with Gasteiger partial charge in [-0.3, -0.25) is 4.79 Å². The van der Waals surface area contributed by atoms with Crippen molar-refractivity contribution < 1.29 is 44.1 Å². The summed E-state index contributed by atoms with van der Waals surface area (Å²) in [5.41, 5.74) is -6.05. The first-order valence-electron chi connectivity index (χ1n) is 5.85. The van der Waals surface area contributed by atoms with Crippen molar-refractivity contribution in [2.24, 2.45) is 0 Å². The molecule has 0 heterocycles.